The highest BCUT2D eigenvalue weighted by molar-refractivity contribution is 5.91. The van der Waals surface area contributed by atoms with Crippen LogP contribution in [0.5, 0.6) is 0 Å². The number of aryl methyl sites for hydroxylation is 2. The highest BCUT2D eigenvalue weighted by Gasteiger charge is 2.30. The number of nitrogens with one attached hydrogen (secondary N) is 2. The lowest BCUT2D eigenvalue weighted by Crippen LogP contribution is -2.26. The SMILES string of the molecule is Cc1cc(C)c(CNC(=O)/C=C/c2cccc(C(F)(F)F)c2)c(=O)[nH]1. The van der Waals surface area contributed by atoms with Gasteiger partial charge in [0.2, 0.25) is 5.91 Å². The van der Waals surface area contributed by atoms with Gasteiger partial charge in [-0.05, 0) is 49.2 Å². The summed E-state index contributed by atoms with van der Waals surface area (Å²) in [4.78, 5) is 26.3. The maximum atomic E-state index is 12.6. The van der Waals surface area contributed by atoms with Crippen molar-refractivity contribution in [3.05, 3.63) is 74.7 Å². The Morgan fingerprint density at radius 3 is 2.60 bits per heavy atom. The minimum absolute atomic E-state index is 0.0349. The fourth-order valence-corrected chi connectivity index (χ4v) is 2.33. The van der Waals surface area contributed by atoms with Crippen LogP contribution in [0.25, 0.3) is 6.08 Å². The summed E-state index contributed by atoms with van der Waals surface area (Å²) < 4.78 is 37.9. The summed E-state index contributed by atoms with van der Waals surface area (Å²) in [7, 11) is 0. The number of rotatable bonds is 4. The second-order valence-electron chi connectivity index (χ2n) is 5.62. The molecule has 0 spiro atoms. The van der Waals surface area contributed by atoms with Gasteiger partial charge >= 0.3 is 6.18 Å². The second-order valence-corrected chi connectivity index (χ2v) is 5.62. The van der Waals surface area contributed by atoms with Gasteiger partial charge in [-0.3, -0.25) is 9.59 Å². The van der Waals surface area contributed by atoms with E-state index in [1.807, 2.05) is 0 Å². The molecule has 1 amide bonds. The van der Waals surface area contributed by atoms with Gasteiger partial charge in [-0.15, -0.1) is 0 Å². The van der Waals surface area contributed by atoms with E-state index in [4.69, 9.17) is 0 Å². The third-order valence-electron chi connectivity index (χ3n) is 3.57. The Morgan fingerprint density at radius 1 is 1.24 bits per heavy atom. The standard InChI is InChI=1S/C18H17F3N2O2/c1-11-8-12(2)23-17(25)15(11)10-22-16(24)7-6-13-4-3-5-14(9-13)18(19,20)21/h3-9H,10H2,1-2H3,(H,22,24)(H,23,25)/b7-6+. The molecule has 0 bridgehead atoms. The molecule has 0 aliphatic rings. The molecule has 0 aliphatic carbocycles. The third kappa shape index (κ3) is 5.07. The van der Waals surface area contributed by atoms with Crippen LogP contribution >= 0.6 is 0 Å². The highest BCUT2D eigenvalue weighted by Crippen LogP contribution is 2.29. The summed E-state index contributed by atoms with van der Waals surface area (Å²) in [5.41, 5.74) is 1.11. The number of aromatic amines is 1. The van der Waals surface area contributed by atoms with Crippen LogP contribution in [0.2, 0.25) is 0 Å². The summed E-state index contributed by atoms with van der Waals surface area (Å²) in [6.45, 7) is 3.56. The highest BCUT2D eigenvalue weighted by atomic mass is 19.4. The largest absolute Gasteiger partial charge is 0.416 e. The van der Waals surface area contributed by atoms with Crippen molar-refractivity contribution in [3.63, 3.8) is 0 Å². The number of hydrogen-bond donors (Lipinski definition) is 2. The number of alkyl halides is 3. The van der Waals surface area contributed by atoms with Crippen molar-refractivity contribution in [2.45, 2.75) is 26.6 Å². The Hall–Kier alpha value is -2.83. The number of halogens is 3. The van der Waals surface area contributed by atoms with Crippen LogP contribution in [-0.4, -0.2) is 10.9 Å². The van der Waals surface area contributed by atoms with E-state index in [-0.39, 0.29) is 17.7 Å². The van der Waals surface area contributed by atoms with Crippen LogP contribution in [-0.2, 0) is 17.5 Å². The van der Waals surface area contributed by atoms with Crippen LogP contribution < -0.4 is 10.9 Å². The Morgan fingerprint density at radius 2 is 1.96 bits per heavy atom. The average Bonchev–Trinajstić information content (AvgIpc) is 2.51. The lowest BCUT2D eigenvalue weighted by atomic mass is 10.1. The summed E-state index contributed by atoms with van der Waals surface area (Å²) in [5, 5.41) is 2.55. The smallest absolute Gasteiger partial charge is 0.348 e. The van der Waals surface area contributed by atoms with Crippen molar-refractivity contribution in [2.24, 2.45) is 0 Å². The number of benzene rings is 1. The van der Waals surface area contributed by atoms with Crippen molar-refractivity contribution >= 4 is 12.0 Å². The van der Waals surface area contributed by atoms with Gasteiger partial charge in [0.05, 0.1) is 5.56 Å². The maximum absolute atomic E-state index is 12.6. The molecule has 1 heterocycles. The first-order chi connectivity index (χ1) is 11.7. The van der Waals surface area contributed by atoms with Gasteiger partial charge in [-0.25, -0.2) is 0 Å². The number of aromatic nitrogens is 1. The fraction of sp³-hybridized carbons (Fsp3) is 0.222. The summed E-state index contributed by atoms with van der Waals surface area (Å²) in [6, 6.07) is 6.45. The number of amides is 1. The molecule has 25 heavy (non-hydrogen) atoms. The van der Waals surface area contributed by atoms with E-state index >= 15 is 0 Å². The van der Waals surface area contributed by atoms with Crippen molar-refractivity contribution in [3.8, 4) is 0 Å². The van der Waals surface area contributed by atoms with Crippen LogP contribution in [0.15, 0.2) is 41.2 Å². The first kappa shape index (κ1) is 18.5. The van der Waals surface area contributed by atoms with Crippen molar-refractivity contribution in [1.82, 2.24) is 10.3 Å². The molecule has 2 rings (SSSR count). The lowest BCUT2D eigenvalue weighted by Gasteiger charge is -2.07. The van der Waals surface area contributed by atoms with Gasteiger partial charge < -0.3 is 10.3 Å². The zero-order valence-electron chi connectivity index (χ0n) is 13.7. The first-order valence-corrected chi connectivity index (χ1v) is 7.49. The van der Waals surface area contributed by atoms with Crippen LogP contribution in [0.4, 0.5) is 13.2 Å². The Labute approximate surface area is 142 Å². The monoisotopic (exact) mass is 350 g/mol. The fourth-order valence-electron chi connectivity index (χ4n) is 2.33. The van der Waals surface area contributed by atoms with Gasteiger partial charge in [0.1, 0.15) is 0 Å². The molecule has 2 N–H and O–H groups in total. The molecule has 0 saturated carbocycles. The molecule has 0 atom stereocenters. The zero-order chi connectivity index (χ0) is 18.6. The molecule has 132 valence electrons. The molecule has 2 aromatic rings. The second kappa shape index (κ2) is 7.38. The third-order valence-corrected chi connectivity index (χ3v) is 3.57. The minimum atomic E-state index is -4.43. The number of hydrogen-bond acceptors (Lipinski definition) is 2. The summed E-state index contributed by atoms with van der Waals surface area (Å²) in [6.07, 6.45) is -2.01. The molecule has 0 aliphatic heterocycles. The Balaban J connectivity index is 2.04. The lowest BCUT2D eigenvalue weighted by molar-refractivity contribution is -0.137. The molecule has 0 unspecified atom stereocenters. The Bertz CT molecular complexity index is 867. The van der Waals surface area contributed by atoms with Crippen molar-refractivity contribution in [2.75, 3.05) is 0 Å². The van der Waals surface area contributed by atoms with E-state index in [1.165, 1.54) is 18.2 Å². The molecule has 0 fully saturated rings. The Kier molecular flexibility index (Phi) is 5.46. The number of H-pyrrole nitrogens is 1. The quantitative estimate of drug-likeness (QED) is 0.831. The van der Waals surface area contributed by atoms with Gasteiger partial charge in [0, 0.05) is 23.9 Å². The molecule has 0 saturated heterocycles. The first-order valence-electron chi connectivity index (χ1n) is 7.49. The van der Waals surface area contributed by atoms with Crippen molar-refractivity contribution < 1.29 is 18.0 Å². The van der Waals surface area contributed by atoms with E-state index < -0.39 is 17.6 Å². The van der Waals surface area contributed by atoms with E-state index in [0.29, 0.717) is 5.56 Å². The molecule has 1 aromatic heterocycles. The van der Waals surface area contributed by atoms with Crippen LogP contribution in [0.3, 0.4) is 0 Å². The normalized spacial score (nSPS) is 11.7. The average molecular weight is 350 g/mol. The number of carbonyl (C=O) groups is 1. The molecule has 0 radical (unpaired) electrons. The number of pyridine rings is 1. The molecule has 7 heteroatoms. The van der Waals surface area contributed by atoms with Gasteiger partial charge in [-0.1, -0.05) is 12.1 Å². The van der Waals surface area contributed by atoms with E-state index in [9.17, 15) is 22.8 Å². The summed E-state index contributed by atoms with van der Waals surface area (Å²) >= 11 is 0. The van der Waals surface area contributed by atoms with E-state index in [0.717, 1.165) is 29.5 Å². The molecule has 1 aromatic carbocycles. The van der Waals surface area contributed by atoms with Crippen LogP contribution in [0, 0.1) is 13.8 Å². The zero-order valence-corrected chi connectivity index (χ0v) is 13.7. The van der Waals surface area contributed by atoms with E-state index in [1.54, 1.807) is 19.9 Å². The van der Waals surface area contributed by atoms with Crippen LogP contribution in [0.1, 0.15) is 27.9 Å². The molecular formula is C18H17F3N2O2. The predicted octanol–water partition coefficient (Wildman–Crippen LogP) is 3.34. The minimum Gasteiger partial charge on any atom is -0.348 e. The molecule has 4 nitrogen and oxygen atoms in total. The predicted molar refractivity (Wildman–Crippen MR) is 88.9 cm³/mol. The summed E-state index contributed by atoms with van der Waals surface area (Å²) in [5.74, 6) is -0.503. The van der Waals surface area contributed by atoms with Crippen molar-refractivity contribution in [1.29, 1.82) is 0 Å². The number of carbonyl (C=O) groups excluding carboxylic acids is 1. The van der Waals surface area contributed by atoms with Gasteiger partial charge in [0.25, 0.3) is 5.56 Å². The topological polar surface area (TPSA) is 62.0 Å². The van der Waals surface area contributed by atoms with E-state index in [2.05, 4.69) is 10.3 Å². The van der Waals surface area contributed by atoms with Gasteiger partial charge in [0.15, 0.2) is 0 Å². The molecular weight excluding hydrogens is 333 g/mol. The van der Waals surface area contributed by atoms with Gasteiger partial charge in [-0.2, -0.15) is 13.2 Å². The maximum Gasteiger partial charge on any atom is 0.416 e.